The Kier molecular flexibility index (Phi) is 1.08. The second kappa shape index (κ2) is 1.56. The van der Waals surface area contributed by atoms with Crippen molar-refractivity contribution in [3.8, 4) is 0 Å². The average Bonchev–Trinajstić information content (AvgIpc) is 1.79. The number of rotatable bonds is 0. The van der Waals surface area contributed by atoms with E-state index in [0.717, 1.165) is 0 Å². The van der Waals surface area contributed by atoms with Gasteiger partial charge in [0.25, 0.3) is 0 Å². The van der Waals surface area contributed by atoms with Gasteiger partial charge in [-0.3, -0.25) is 0 Å². The van der Waals surface area contributed by atoms with E-state index >= 15 is 0 Å². The molecule has 0 unspecified atom stereocenters. The minimum absolute atomic E-state index is 0.389. The van der Waals surface area contributed by atoms with Crippen molar-refractivity contribution in [2.75, 3.05) is 0 Å². The summed E-state index contributed by atoms with van der Waals surface area (Å²) in [7, 11) is 0. The molecule has 0 aromatic rings. The smallest absolute Gasteiger partial charge is 0.247 e. The highest BCUT2D eigenvalue weighted by Gasteiger charge is 2.29. The van der Waals surface area contributed by atoms with Gasteiger partial charge in [-0.25, -0.2) is 0 Å². The van der Waals surface area contributed by atoms with Gasteiger partial charge in [-0.1, -0.05) is 0 Å². The quantitative estimate of drug-likeness (QED) is 0.529. The molecule has 3 nitrogen and oxygen atoms in total. The first-order valence-corrected chi connectivity index (χ1v) is 2.86. The number of allylic oxidation sites excluding steroid dienone is 1. The summed E-state index contributed by atoms with van der Waals surface area (Å²) in [6.07, 6.45) is 0. The van der Waals surface area contributed by atoms with Crippen molar-refractivity contribution in [2.24, 2.45) is 5.73 Å². The number of hydrogen-bond donors (Lipinski definition) is 1. The van der Waals surface area contributed by atoms with Crippen molar-refractivity contribution < 1.29 is 9.47 Å². The van der Waals surface area contributed by atoms with Crippen LogP contribution in [0.5, 0.6) is 0 Å². The number of ether oxygens (including phenoxy) is 2. The molecular formula is C6H11NO2. The Hall–Kier alpha value is -0.860. The Morgan fingerprint density at radius 2 is 1.89 bits per heavy atom. The fourth-order valence-corrected chi connectivity index (χ4v) is 0.776. The fraction of sp³-hybridized carbons (Fsp3) is 0.667. The van der Waals surface area contributed by atoms with Crippen LogP contribution in [0.4, 0.5) is 0 Å². The highest BCUT2D eigenvalue weighted by atomic mass is 16.7. The minimum Gasteiger partial charge on any atom is -0.452 e. The Morgan fingerprint density at radius 1 is 1.33 bits per heavy atom. The van der Waals surface area contributed by atoms with Crippen LogP contribution in [0.3, 0.4) is 0 Å². The first kappa shape index (κ1) is 6.26. The molecule has 9 heavy (non-hydrogen) atoms. The molecule has 1 aliphatic heterocycles. The third-order valence-electron chi connectivity index (χ3n) is 1.10. The maximum Gasteiger partial charge on any atom is 0.247 e. The summed E-state index contributed by atoms with van der Waals surface area (Å²) < 4.78 is 10.3. The molecule has 0 atom stereocenters. The van der Waals surface area contributed by atoms with Crippen molar-refractivity contribution >= 4 is 0 Å². The molecule has 0 saturated heterocycles. The minimum atomic E-state index is -0.561. The molecule has 0 fully saturated rings. The molecule has 0 amide bonds. The summed E-state index contributed by atoms with van der Waals surface area (Å²) in [6.45, 7) is 5.41. The van der Waals surface area contributed by atoms with Gasteiger partial charge in [0.05, 0.1) is 0 Å². The summed E-state index contributed by atoms with van der Waals surface area (Å²) in [5.74, 6) is 0.494. The lowest BCUT2D eigenvalue weighted by atomic mass is 10.4. The topological polar surface area (TPSA) is 44.5 Å². The zero-order valence-corrected chi connectivity index (χ0v) is 5.89. The van der Waals surface area contributed by atoms with Crippen molar-refractivity contribution in [2.45, 2.75) is 26.6 Å². The summed E-state index contributed by atoms with van der Waals surface area (Å²) in [5.41, 5.74) is 5.39. The van der Waals surface area contributed by atoms with Crippen LogP contribution in [-0.2, 0) is 9.47 Å². The maximum absolute atomic E-state index is 5.39. The van der Waals surface area contributed by atoms with Crippen LogP contribution >= 0.6 is 0 Å². The molecule has 1 aliphatic rings. The van der Waals surface area contributed by atoms with Crippen LogP contribution in [0.15, 0.2) is 11.6 Å². The van der Waals surface area contributed by atoms with Crippen LogP contribution in [0.25, 0.3) is 0 Å². The fourth-order valence-electron chi connectivity index (χ4n) is 0.776. The van der Waals surface area contributed by atoms with Crippen molar-refractivity contribution in [1.29, 1.82) is 0 Å². The summed E-state index contributed by atoms with van der Waals surface area (Å²) in [5, 5.41) is 0. The highest BCUT2D eigenvalue weighted by Crippen LogP contribution is 2.26. The predicted octanol–water partition coefficient (Wildman–Crippen LogP) is 0.917. The van der Waals surface area contributed by atoms with Gasteiger partial charge in [-0.2, -0.15) is 0 Å². The Balaban J connectivity index is 2.70. The lowest BCUT2D eigenvalue weighted by molar-refractivity contribution is -0.122. The van der Waals surface area contributed by atoms with Gasteiger partial charge in [0.2, 0.25) is 11.7 Å². The third-order valence-corrected chi connectivity index (χ3v) is 1.10. The van der Waals surface area contributed by atoms with E-state index in [1.165, 1.54) is 0 Å². The van der Waals surface area contributed by atoms with Crippen LogP contribution in [0, 0.1) is 0 Å². The molecule has 0 radical (unpaired) electrons. The van der Waals surface area contributed by atoms with E-state index in [2.05, 4.69) is 0 Å². The van der Waals surface area contributed by atoms with E-state index in [1.54, 1.807) is 6.92 Å². The molecule has 0 saturated carbocycles. The Bertz CT molecular complexity index is 144. The monoisotopic (exact) mass is 129 g/mol. The molecule has 0 aliphatic carbocycles. The third kappa shape index (κ3) is 1.09. The first-order chi connectivity index (χ1) is 4.01. The van der Waals surface area contributed by atoms with Gasteiger partial charge < -0.3 is 15.2 Å². The van der Waals surface area contributed by atoms with Crippen LogP contribution in [-0.4, -0.2) is 5.79 Å². The first-order valence-electron chi connectivity index (χ1n) is 2.86. The summed E-state index contributed by atoms with van der Waals surface area (Å²) >= 11 is 0. The second-order valence-electron chi connectivity index (χ2n) is 2.52. The molecule has 3 heteroatoms. The largest absolute Gasteiger partial charge is 0.452 e. The molecular weight excluding hydrogens is 118 g/mol. The van der Waals surface area contributed by atoms with Gasteiger partial charge >= 0.3 is 0 Å². The van der Waals surface area contributed by atoms with Gasteiger partial charge in [0.15, 0.2) is 5.76 Å². The molecule has 0 bridgehead atoms. The number of hydrogen-bond acceptors (Lipinski definition) is 3. The van der Waals surface area contributed by atoms with E-state index < -0.39 is 5.79 Å². The zero-order valence-electron chi connectivity index (χ0n) is 5.89. The predicted molar refractivity (Wildman–Crippen MR) is 33.1 cm³/mol. The van der Waals surface area contributed by atoms with E-state index in [4.69, 9.17) is 15.2 Å². The Morgan fingerprint density at radius 3 is 2.00 bits per heavy atom. The zero-order chi connectivity index (χ0) is 7.07. The molecule has 0 spiro atoms. The normalized spacial score (nSPS) is 23.4. The van der Waals surface area contributed by atoms with Gasteiger partial charge in [0, 0.05) is 13.8 Å². The van der Waals surface area contributed by atoms with Gasteiger partial charge in [-0.15, -0.1) is 0 Å². The van der Waals surface area contributed by atoms with E-state index in [1.807, 2.05) is 13.8 Å². The van der Waals surface area contributed by atoms with E-state index in [-0.39, 0.29) is 0 Å². The maximum atomic E-state index is 5.39. The van der Waals surface area contributed by atoms with Crippen molar-refractivity contribution in [1.82, 2.24) is 0 Å². The second-order valence-corrected chi connectivity index (χ2v) is 2.52. The molecule has 2 N–H and O–H groups in total. The van der Waals surface area contributed by atoms with E-state index in [9.17, 15) is 0 Å². The Labute approximate surface area is 54.4 Å². The van der Waals surface area contributed by atoms with Gasteiger partial charge in [-0.05, 0) is 6.92 Å². The average molecular weight is 129 g/mol. The standard InChI is InChI=1S/C6H11NO2/c1-4-5(7)9-6(2,3)8-4/h7H2,1-3H3. The van der Waals surface area contributed by atoms with Crippen LogP contribution in [0.1, 0.15) is 20.8 Å². The van der Waals surface area contributed by atoms with Gasteiger partial charge in [0.1, 0.15) is 0 Å². The van der Waals surface area contributed by atoms with Crippen LogP contribution in [0.2, 0.25) is 0 Å². The SMILES string of the molecule is CC1=C(N)OC(C)(C)O1. The van der Waals surface area contributed by atoms with Crippen molar-refractivity contribution in [3.63, 3.8) is 0 Å². The number of nitrogens with two attached hydrogens (primary N) is 1. The highest BCUT2D eigenvalue weighted by molar-refractivity contribution is 5.00. The van der Waals surface area contributed by atoms with E-state index in [0.29, 0.717) is 11.6 Å². The lowest BCUT2D eigenvalue weighted by Crippen LogP contribution is -2.21. The summed E-state index contributed by atoms with van der Waals surface area (Å²) in [6, 6.07) is 0. The molecule has 0 aromatic carbocycles. The van der Waals surface area contributed by atoms with Crippen molar-refractivity contribution in [3.05, 3.63) is 11.6 Å². The molecule has 1 rings (SSSR count). The lowest BCUT2D eigenvalue weighted by Gasteiger charge is -2.17. The summed E-state index contributed by atoms with van der Waals surface area (Å²) in [4.78, 5) is 0. The molecule has 0 aromatic heterocycles. The van der Waals surface area contributed by atoms with Crippen LogP contribution < -0.4 is 5.73 Å². The molecule has 1 heterocycles. The molecule has 52 valence electrons.